The minimum Gasteiger partial charge on any atom is -0.432 e. The molecule has 1 aromatic rings. The lowest BCUT2D eigenvalue weighted by atomic mass is 9.89. The van der Waals surface area contributed by atoms with Crippen LogP contribution < -0.4 is 0 Å². The average Bonchev–Trinajstić information content (AvgIpc) is 3.40. The lowest BCUT2D eigenvalue weighted by molar-refractivity contribution is -0.251. The van der Waals surface area contributed by atoms with Crippen LogP contribution in [0.3, 0.4) is 0 Å². The van der Waals surface area contributed by atoms with E-state index in [4.69, 9.17) is 13.9 Å². The summed E-state index contributed by atoms with van der Waals surface area (Å²) in [6.45, 7) is 9.77. The molecule has 1 heterocycles. The summed E-state index contributed by atoms with van der Waals surface area (Å²) in [7, 11) is -1.87. The van der Waals surface area contributed by atoms with Gasteiger partial charge in [-0.1, -0.05) is 24.0 Å². The highest BCUT2D eigenvalue weighted by atomic mass is 28.4. The summed E-state index contributed by atoms with van der Waals surface area (Å²) >= 11 is 0. The second kappa shape index (κ2) is 8.00. The molecule has 152 valence electrons. The van der Waals surface area contributed by atoms with Crippen molar-refractivity contribution in [3.63, 3.8) is 0 Å². The first-order valence-corrected chi connectivity index (χ1v) is 13.3. The van der Waals surface area contributed by atoms with E-state index in [1.165, 1.54) is 0 Å². The standard InChI is InChI=1S/C22H30O5Si/c1-15-20(27-28(3,4)5)22(2,24)14-19(25-15)26-21(23)18-9-7-6-8-17(18)13-12-16-10-11-16/h6-9,15-16,19-20,24H,10-11,14H2,1-5H3/t15-,19+,20+,22+/m0/s1. The van der Waals surface area contributed by atoms with E-state index in [0.717, 1.165) is 12.8 Å². The lowest BCUT2D eigenvalue weighted by Gasteiger charge is -2.46. The molecule has 1 aromatic carbocycles. The molecule has 2 aliphatic rings. The number of ether oxygens (including phenoxy) is 2. The first-order valence-electron chi connectivity index (χ1n) is 9.92. The Hall–Kier alpha value is -1.65. The number of esters is 1. The van der Waals surface area contributed by atoms with Gasteiger partial charge in [-0.2, -0.15) is 0 Å². The van der Waals surface area contributed by atoms with Crippen molar-refractivity contribution in [3.8, 4) is 11.8 Å². The summed E-state index contributed by atoms with van der Waals surface area (Å²) in [4.78, 5) is 12.7. The van der Waals surface area contributed by atoms with Crippen LogP contribution >= 0.6 is 0 Å². The minimum absolute atomic E-state index is 0.161. The number of benzene rings is 1. The van der Waals surface area contributed by atoms with Crippen molar-refractivity contribution < 1.29 is 23.8 Å². The van der Waals surface area contributed by atoms with Crippen molar-refractivity contribution in [3.05, 3.63) is 35.4 Å². The van der Waals surface area contributed by atoms with Gasteiger partial charge in [0.2, 0.25) is 6.29 Å². The third-order valence-corrected chi connectivity index (χ3v) is 5.80. The highest BCUT2D eigenvalue weighted by Crippen LogP contribution is 2.34. The van der Waals surface area contributed by atoms with E-state index in [0.29, 0.717) is 17.0 Å². The van der Waals surface area contributed by atoms with Crippen LogP contribution in [0.1, 0.15) is 49.0 Å². The summed E-state index contributed by atoms with van der Waals surface area (Å²) in [6.07, 6.45) is 0.743. The smallest absolute Gasteiger partial charge is 0.341 e. The predicted molar refractivity (Wildman–Crippen MR) is 109 cm³/mol. The van der Waals surface area contributed by atoms with Gasteiger partial charge in [0, 0.05) is 17.9 Å². The monoisotopic (exact) mass is 402 g/mol. The van der Waals surface area contributed by atoms with Gasteiger partial charge in [-0.3, -0.25) is 0 Å². The van der Waals surface area contributed by atoms with Gasteiger partial charge in [-0.05, 0) is 58.5 Å². The molecule has 0 aromatic heterocycles. The van der Waals surface area contributed by atoms with Crippen LogP contribution in [0.4, 0.5) is 0 Å². The second-order valence-corrected chi connectivity index (χ2v) is 13.4. The van der Waals surface area contributed by atoms with E-state index in [1.807, 2.05) is 19.1 Å². The largest absolute Gasteiger partial charge is 0.432 e. The van der Waals surface area contributed by atoms with Gasteiger partial charge in [-0.25, -0.2) is 4.79 Å². The molecule has 1 saturated carbocycles. The molecule has 0 amide bonds. The molecule has 1 aliphatic carbocycles. The summed E-state index contributed by atoms with van der Waals surface area (Å²) in [5.41, 5.74) is -0.0595. The third kappa shape index (κ3) is 5.45. The maximum absolute atomic E-state index is 12.7. The van der Waals surface area contributed by atoms with E-state index in [1.54, 1.807) is 19.1 Å². The van der Waals surface area contributed by atoms with E-state index in [9.17, 15) is 9.90 Å². The zero-order valence-corrected chi connectivity index (χ0v) is 18.3. The van der Waals surface area contributed by atoms with Crippen molar-refractivity contribution in [2.45, 2.75) is 76.8 Å². The van der Waals surface area contributed by atoms with Crippen molar-refractivity contribution >= 4 is 14.3 Å². The molecule has 2 fully saturated rings. The fourth-order valence-electron chi connectivity index (χ4n) is 3.35. The van der Waals surface area contributed by atoms with Crippen LogP contribution in [0.25, 0.3) is 0 Å². The molecule has 0 radical (unpaired) electrons. The van der Waals surface area contributed by atoms with E-state index in [2.05, 4.69) is 31.5 Å². The SMILES string of the molecule is C[C@@H]1O[C@H](OC(=O)c2ccccc2C#CC2CC2)C[C@@](C)(O)[C@@H]1O[Si](C)(C)C. The van der Waals surface area contributed by atoms with Crippen molar-refractivity contribution in [2.24, 2.45) is 5.92 Å². The molecule has 0 spiro atoms. The summed E-state index contributed by atoms with van der Waals surface area (Å²) in [5.74, 6) is 6.23. The first-order chi connectivity index (χ1) is 13.0. The Morgan fingerprint density at radius 2 is 1.96 bits per heavy atom. The van der Waals surface area contributed by atoms with E-state index >= 15 is 0 Å². The van der Waals surface area contributed by atoms with Crippen LogP contribution in [-0.4, -0.2) is 43.5 Å². The Morgan fingerprint density at radius 3 is 2.57 bits per heavy atom. The molecule has 4 atom stereocenters. The average molecular weight is 403 g/mol. The Bertz CT molecular complexity index is 782. The highest BCUT2D eigenvalue weighted by molar-refractivity contribution is 6.69. The zero-order chi connectivity index (χ0) is 20.5. The van der Waals surface area contributed by atoms with Crippen LogP contribution in [0, 0.1) is 17.8 Å². The van der Waals surface area contributed by atoms with Crippen LogP contribution in [0.2, 0.25) is 19.6 Å². The second-order valence-electron chi connectivity index (χ2n) is 8.98. The summed E-state index contributed by atoms with van der Waals surface area (Å²) in [6, 6.07) is 7.18. The van der Waals surface area contributed by atoms with Crippen LogP contribution in [0.15, 0.2) is 24.3 Å². The molecular weight excluding hydrogens is 372 g/mol. The van der Waals surface area contributed by atoms with Crippen LogP contribution in [0.5, 0.6) is 0 Å². The number of aliphatic hydroxyl groups is 1. The Labute approximate surface area is 168 Å². The van der Waals surface area contributed by atoms with Crippen molar-refractivity contribution in [1.82, 2.24) is 0 Å². The van der Waals surface area contributed by atoms with Gasteiger partial charge in [0.1, 0.15) is 0 Å². The Morgan fingerprint density at radius 1 is 1.29 bits per heavy atom. The molecule has 1 aliphatic heterocycles. The number of hydrogen-bond donors (Lipinski definition) is 1. The first kappa shape index (κ1) is 21.1. The van der Waals surface area contributed by atoms with Gasteiger partial charge in [0.25, 0.3) is 0 Å². The number of carbonyl (C=O) groups is 1. The highest BCUT2D eigenvalue weighted by Gasteiger charge is 2.47. The maximum atomic E-state index is 12.7. The molecule has 6 heteroatoms. The quantitative estimate of drug-likeness (QED) is 0.472. The molecule has 5 nitrogen and oxygen atoms in total. The molecule has 1 saturated heterocycles. The maximum Gasteiger partial charge on any atom is 0.341 e. The van der Waals surface area contributed by atoms with Gasteiger partial charge < -0.3 is 19.0 Å². The lowest BCUT2D eigenvalue weighted by Crippen LogP contribution is -2.59. The topological polar surface area (TPSA) is 65.0 Å². The van der Waals surface area contributed by atoms with Crippen molar-refractivity contribution in [2.75, 3.05) is 0 Å². The molecule has 3 rings (SSSR count). The molecule has 1 N–H and O–H groups in total. The summed E-state index contributed by atoms with van der Waals surface area (Å²) in [5, 5.41) is 10.9. The molecule has 0 unspecified atom stereocenters. The Balaban J connectivity index is 1.70. The van der Waals surface area contributed by atoms with Gasteiger partial charge in [-0.15, -0.1) is 0 Å². The van der Waals surface area contributed by atoms with E-state index < -0.39 is 38.4 Å². The number of hydrogen-bond acceptors (Lipinski definition) is 5. The fourth-order valence-corrected chi connectivity index (χ4v) is 4.56. The summed E-state index contributed by atoms with van der Waals surface area (Å²) < 4.78 is 17.6. The zero-order valence-electron chi connectivity index (χ0n) is 17.3. The van der Waals surface area contributed by atoms with Gasteiger partial charge >= 0.3 is 5.97 Å². The van der Waals surface area contributed by atoms with Crippen molar-refractivity contribution in [1.29, 1.82) is 0 Å². The number of rotatable bonds is 4. The normalized spacial score (nSPS) is 30.3. The van der Waals surface area contributed by atoms with Crippen LogP contribution in [-0.2, 0) is 13.9 Å². The predicted octanol–water partition coefficient (Wildman–Crippen LogP) is 3.71. The molecule has 28 heavy (non-hydrogen) atoms. The molecule has 0 bridgehead atoms. The fraction of sp³-hybridized carbons (Fsp3) is 0.591. The minimum atomic E-state index is -1.87. The molecular formula is C22H30O5Si. The van der Waals surface area contributed by atoms with Gasteiger partial charge in [0.05, 0.1) is 23.4 Å². The number of carbonyl (C=O) groups excluding carboxylic acids is 1. The third-order valence-electron chi connectivity index (χ3n) is 4.84. The Kier molecular flexibility index (Phi) is 6.02. The van der Waals surface area contributed by atoms with Gasteiger partial charge in [0.15, 0.2) is 8.32 Å². The van der Waals surface area contributed by atoms with E-state index in [-0.39, 0.29) is 6.42 Å².